The van der Waals surface area contributed by atoms with Gasteiger partial charge in [0.15, 0.2) is 5.82 Å². The zero-order valence-corrected chi connectivity index (χ0v) is 17.9. The average molecular weight is 412 g/mol. The Bertz CT molecular complexity index is 1350. The van der Waals surface area contributed by atoms with Crippen LogP contribution in [0.5, 0.6) is 0 Å². The number of amides is 1. The van der Waals surface area contributed by atoms with E-state index >= 15 is 0 Å². The number of nitrogens with zero attached hydrogens (tertiary/aromatic N) is 6. The SMILES string of the molecule is Cc1ccn(-c2cc3cccc(-c4nc(C5CC5)n5c4CN(C)C(=O)[C@@H]5C)c3cn2)n1. The van der Waals surface area contributed by atoms with Gasteiger partial charge in [-0.3, -0.25) is 4.79 Å². The minimum Gasteiger partial charge on any atom is -0.338 e. The van der Waals surface area contributed by atoms with Gasteiger partial charge in [-0.25, -0.2) is 14.6 Å². The highest BCUT2D eigenvalue weighted by Gasteiger charge is 2.38. The summed E-state index contributed by atoms with van der Waals surface area (Å²) in [5.41, 5.74) is 4.12. The normalized spacial score (nSPS) is 18.6. The molecule has 0 saturated heterocycles. The summed E-state index contributed by atoms with van der Waals surface area (Å²) in [6.45, 7) is 4.53. The van der Waals surface area contributed by atoms with E-state index < -0.39 is 0 Å². The maximum absolute atomic E-state index is 12.7. The molecule has 1 aliphatic carbocycles. The zero-order valence-electron chi connectivity index (χ0n) is 17.9. The molecular weight excluding hydrogens is 388 g/mol. The van der Waals surface area contributed by atoms with Crippen LogP contribution >= 0.6 is 0 Å². The number of benzene rings is 1. The Morgan fingerprint density at radius 3 is 2.74 bits per heavy atom. The van der Waals surface area contributed by atoms with Gasteiger partial charge in [0.2, 0.25) is 5.91 Å². The van der Waals surface area contributed by atoms with Crippen molar-refractivity contribution < 1.29 is 4.79 Å². The molecule has 7 heteroatoms. The molecule has 0 N–H and O–H groups in total. The molecule has 1 saturated carbocycles. The molecule has 1 aliphatic heterocycles. The zero-order chi connectivity index (χ0) is 21.3. The Balaban J connectivity index is 1.53. The number of hydrogen-bond donors (Lipinski definition) is 0. The van der Waals surface area contributed by atoms with Gasteiger partial charge in [0.1, 0.15) is 11.9 Å². The van der Waals surface area contributed by atoms with Crippen LogP contribution in [-0.2, 0) is 11.3 Å². The lowest BCUT2D eigenvalue weighted by molar-refractivity contribution is -0.135. The van der Waals surface area contributed by atoms with E-state index in [2.05, 4.69) is 38.9 Å². The Morgan fingerprint density at radius 2 is 2.00 bits per heavy atom. The van der Waals surface area contributed by atoms with Gasteiger partial charge < -0.3 is 9.47 Å². The number of aryl methyl sites for hydroxylation is 1. The van der Waals surface area contributed by atoms with Crippen molar-refractivity contribution in [1.29, 1.82) is 0 Å². The van der Waals surface area contributed by atoms with Gasteiger partial charge in [-0.2, -0.15) is 5.10 Å². The summed E-state index contributed by atoms with van der Waals surface area (Å²) in [4.78, 5) is 24.3. The molecule has 156 valence electrons. The minimum atomic E-state index is -0.214. The van der Waals surface area contributed by atoms with Gasteiger partial charge in [0, 0.05) is 36.3 Å². The van der Waals surface area contributed by atoms with Crippen molar-refractivity contribution in [2.45, 2.75) is 45.2 Å². The first-order valence-corrected chi connectivity index (χ1v) is 10.8. The minimum absolute atomic E-state index is 0.150. The molecule has 0 radical (unpaired) electrons. The smallest absolute Gasteiger partial charge is 0.245 e. The molecule has 4 heterocycles. The first kappa shape index (κ1) is 18.3. The van der Waals surface area contributed by atoms with Crippen molar-refractivity contribution in [2.24, 2.45) is 0 Å². The van der Waals surface area contributed by atoms with Gasteiger partial charge in [0.05, 0.1) is 23.6 Å². The van der Waals surface area contributed by atoms with Crippen LogP contribution in [0, 0.1) is 6.92 Å². The second kappa shape index (κ2) is 6.51. The van der Waals surface area contributed by atoms with E-state index in [-0.39, 0.29) is 11.9 Å². The van der Waals surface area contributed by atoms with E-state index in [1.165, 1.54) is 0 Å². The molecule has 6 rings (SSSR count). The van der Waals surface area contributed by atoms with Crippen LogP contribution in [-0.4, -0.2) is 42.2 Å². The predicted octanol–water partition coefficient (Wildman–Crippen LogP) is 4.00. The molecule has 3 aromatic heterocycles. The molecular formula is C24H24N6O. The summed E-state index contributed by atoms with van der Waals surface area (Å²) < 4.78 is 4.00. The third kappa shape index (κ3) is 2.80. The molecule has 0 spiro atoms. The summed E-state index contributed by atoms with van der Waals surface area (Å²) in [7, 11) is 1.87. The number of carbonyl (C=O) groups is 1. The van der Waals surface area contributed by atoms with Crippen molar-refractivity contribution in [3.8, 4) is 17.1 Å². The van der Waals surface area contributed by atoms with Crippen LogP contribution in [0.2, 0.25) is 0 Å². The van der Waals surface area contributed by atoms with Crippen LogP contribution < -0.4 is 0 Å². The van der Waals surface area contributed by atoms with E-state index in [1.807, 2.05) is 44.3 Å². The van der Waals surface area contributed by atoms with E-state index in [0.29, 0.717) is 12.5 Å². The van der Waals surface area contributed by atoms with Gasteiger partial charge in [0.25, 0.3) is 0 Å². The number of aromatic nitrogens is 5. The highest BCUT2D eigenvalue weighted by atomic mass is 16.2. The molecule has 4 aromatic rings. The summed E-state index contributed by atoms with van der Waals surface area (Å²) in [5, 5.41) is 6.64. The molecule has 1 fully saturated rings. The van der Waals surface area contributed by atoms with E-state index in [9.17, 15) is 4.79 Å². The molecule has 31 heavy (non-hydrogen) atoms. The molecule has 0 unspecified atom stereocenters. The average Bonchev–Trinajstić information content (AvgIpc) is 3.42. The Hall–Kier alpha value is -3.48. The standard InChI is InChI=1S/C24H24N6O/c1-14-9-10-29(27-14)21-11-17-5-4-6-18(19(17)12-25-21)22-20-13-28(3)24(31)15(2)30(20)23(26-22)16-7-8-16/h4-6,9-12,15-16H,7-8,13H2,1-3H3/t15-/m0/s1. The van der Waals surface area contributed by atoms with Gasteiger partial charge in [-0.15, -0.1) is 0 Å². The maximum atomic E-state index is 12.7. The Labute approximate surface area is 180 Å². The molecule has 2 aliphatic rings. The van der Waals surface area contributed by atoms with Crippen LogP contribution in [0.3, 0.4) is 0 Å². The number of likely N-dealkylation sites (N-methyl/N-ethyl adjacent to an activating group) is 1. The topological polar surface area (TPSA) is 68.8 Å². The molecule has 0 bridgehead atoms. The first-order valence-electron chi connectivity index (χ1n) is 10.8. The fraction of sp³-hybridized carbons (Fsp3) is 0.333. The van der Waals surface area contributed by atoms with Crippen LogP contribution in [0.4, 0.5) is 0 Å². The Kier molecular flexibility index (Phi) is 3.84. The van der Waals surface area contributed by atoms with E-state index in [1.54, 1.807) is 4.68 Å². The van der Waals surface area contributed by atoms with Crippen LogP contribution in [0.1, 0.15) is 48.9 Å². The second-order valence-electron chi connectivity index (χ2n) is 8.75. The fourth-order valence-electron chi connectivity index (χ4n) is 4.68. The lowest BCUT2D eigenvalue weighted by Gasteiger charge is -2.31. The van der Waals surface area contributed by atoms with E-state index in [0.717, 1.165) is 57.9 Å². The number of rotatable bonds is 3. The monoisotopic (exact) mass is 412 g/mol. The van der Waals surface area contributed by atoms with E-state index in [4.69, 9.17) is 4.98 Å². The van der Waals surface area contributed by atoms with Crippen molar-refractivity contribution in [1.82, 2.24) is 29.2 Å². The number of fused-ring (bicyclic) bond motifs is 2. The summed E-state index contributed by atoms with van der Waals surface area (Å²) in [6.07, 6.45) is 6.14. The highest BCUT2D eigenvalue weighted by molar-refractivity contribution is 5.97. The van der Waals surface area contributed by atoms with Gasteiger partial charge in [-0.1, -0.05) is 18.2 Å². The number of imidazole rings is 1. The summed E-state index contributed by atoms with van der Waals surface area (Å²) in [6, 6.07) is 10.1. The predicted molar refractivity (Wildman–Crippen MR) is 118 cm³/mol. The van der Waals surface area contributed by atoms with Crippen molar-refractivity contribution in [2.75, 3.05) is 7.05 Å². The number of hydrogen-bond acceptors (Lipinski definition) is 4. The first-order chi connectivity index (χ1) is 15.0. The number of pyridine rings is 1. The molecule has 1 aromatic carbocycles. The van der Waals surface area contributed by atoms with Crippen molar-refractivity contribution in [3.05, 3.63) is 59.9 Å². The lowest BCUT2D eigenvalue weighted by atomic mass is 10.0. The largest absolute Gasteiger partial charge is 0.338 e. The fourth-order valence-corrected chi connectivity index (χ4v) is 4.68. The van der Waals surface area contributed by atoms with Crippen molar-refractivity contribution in [3.63, 3.8) is 0 Å². The molecule has 1 atom stereocenters. The molecule has 7 nitrogen and oxygen atoms in total. The van der Waals surface area contributed by atoms with Crippen LogP contribution in [0.15, 0.2) is 42.7 Å². The maximum Gasteiger partial charge on any atom is 0.245 e. The number of carbonyl (C=O) groups excluding carboxylic acids is 1. The third-order valence-electron chi connectivity index (χ3n) is 6.45. The lowest BCUT2D eigenvalue weighted by Crippen LogP contribution is -2.39. The van der Waals surface area contributed by atoms with Crippen LogP contribution in [0.25, 0.3) is 27.8 Å². The Morgan fingerprint density at radius 1 is 1.16 bits per heavy atom. The quantitative estimate of drug-likeness (QED) is 0.510. The molecule has 1 amide bonds. The van der Waals surface area contributed by atoms with Crippen molar-refractivity contribution >= 4 is 16.7 Å². The highest BCUT2D eigenvalue weighted by Crippen LogP contribution is 2.44. The van der Waals surface area contributed by atoms with Gasteiger partial charge >= 0.3 is 0 Å². The second-order valence-corrected chi connectivity index (χ2v) is 8.75. The third-order valence-corrected chi connectivity index (χ3v) is 6.45. The summed E-state index contributed by atoms with van der Waals surface area (Å²) in [5.74, 6) is 2.47. The van der Waals surface area contributed by atoms with Gasteiger partial charge in [-0.05, 0) is 44.2 Å². The summed E-state index contributed by atoms with van der Waals surface area (Å²) >= 11 is 0.